The molecule has 114 valence electrons. The van der Waals surface area contributed by atoms with Crippen LogP contribution in [0.5, 0.6) is 11.5 Å². The summed E-state index contributed by atoms with van der Waals surface area (Å²) in [4.78, 5) is 21.3. The van der Waals surface area contributed by atoms with Gasteiger partial charge in [0.15, 0.2) is 11.5 Å². The highest BCUT2D eigenvalue weighted by atomic mass is 16.7. The summed E-state index contributed by atoms with van der Waals surface area (Å²) in [5.41, 5.74) is 2.49. The van der Waals surface area contributed by atoms with E-state index in [2.05, 4.69) is 9.98 Å². The largest absolute Gasteiger partial charge is 0.454 e. The molecular weight excluding hydrogens is 292 g/mol. The summed E-state index contributed by atoms with van der Waals surface area (Å²) in [6.45, 7) is 0.225. The highest BCUT2D eigenvalue weighted by Crippen LogP contribution is 2.35. The molecule has 0 spiro atoms. The third-order valence-electron chi connectivity index (χ3n) is 3.95. The number of pyridine rings is 1. The Morgan fingerprint density at radius 2 is 2.00 bits per heavy atom. The molecule has 5 heteroatoms. The third kappa shape index (κ3) is 2.30. The van der Waals surface area contributed by atoms with Gasteiger partial charge in [-0.05, 0) is 18.2 Å². The van der Waals surface area contributed by atoms with Gasteiger partial charge in [-0.1, -0.05) is 18.2 Å². The predicted octanol–water partition coefficient (Wildman–Crippen LogP) is 2.95. The normalized spacial score (nSPS) is 18.4. The second kappa shape index (κ2) is 5.35. The van der Waals surface area contributed by atoms with E-state index in [1.165, 1.54) is 0 Å². The molecule has 0 fully saturated rings. The van der Waals surface area contributed by atoms with Gasteiger partial charge in [0, 0.05) is 30.5 Å². The van der Waals surface area contributed by atoms with Gasteiger partial charge in [-0.25, -0.2) is 4.98 Å². The molecule has 0 saturated carbocycles. The summed E-state index contributed by atoms with van der Waals surface area (Å²) in [6, 6.07) is 7.52. The molecule has 23 heavy (non-hydrogen) atoms. The first kappa shape index (κ1) is 13.7. The van der Waals surface area contributed by atoms with Crippen molar-refractivity contribution in [3.63, 3.8) is 0 Å². The zero-order valence-electron chi connectivity index (χ0n) is 12.6. The molecule has 1 aliphatic carbocycles. The summed E-state index contributed by atoms with van der Waals surface area (Å²) < 4.78 is 10.8. The molecule has 0 radical (unpaired) electrons. The van der Waals surface area contributed by atoms with Gasteiger partial charge in [-0.2, -0.15) is 0 Å². The van der Waals surface area contributed by atoms with E-state index in [4.69, 9.17) is 9.47 Å². The number of carbonyl (C=O) groups excluding carboxylic acids is 1. The molecule has 1 aromatic heterocycles. The van der Waals surface area contributed by atoms with Crippen molar-refractivity contribution in [1.82, 2.24) is 4.98 Å². The van der Waals surface area contributed by atoms with E-state index in [9.17, 15) is 4.79 Å². The maximum Gasteiger partial charge on any atom is 0.231 e. The van der Waals surface area contributed by atoms with Gasteiger partial charge >= 0.3 is 0 Å². The topological polar surface area (TPSA) is 60.8 Å². The lowest BCUT2D eigenvalue weighted by Gasteiger charge is -2.07. The predicted molar refractivity (Wildman–Crippen MR) is 88.0 cm³/mol. The lowest BCUT2D eigenvalue weighted by Crippen LogP contribution is -2.15. The molecule has 4 rings (SSSR count). The molecule has 0 atom stereocenters. The molecule has 1 aromatic carbocycles. The Hall–Kier alpha value is -2.95. The molecule has 0 unspecified atom stereocenters. The number of ether oxygens (including phenoxy) is 2. The van der Waals surface area contributed by atoms with Crippen molar-refractivity contribution in [2.45, 2.75) is 6.42 Å². The minimum Gasteiger partial charge on any atom is -0.454 e. The SMILES string of the molecule is CN=C1CC=CC=C(c2ccc3cc4c(cc3n2)OCO4)C1=O. The number of hydrogen-bond acceptors (Lipinski definition) is 5. The van der Waals surface area contributed by atoms with E-state index in [0.717, 1.165) is 16.7 Å². The molecule has 0 bridgehead atoms. The van der Waals surface area contributed by atoms with Crippen molar-refractivity contribution in [2.75, 3.05) is 13.8 Å². The van der Waals surface area contributed by atoms with Crippen LogP contribution in [-0.2, 0) is 4.79 Å². The third-order valence-corrected chi connectivity index (χ3v) is 3.95. The van der Waals surface area contributed by atoms with Crippen molar-refractivity contribution in [3.05, 3.63) is 48.2 Å². The first-order chi connectivity index (χ1) is 11.3. The minimum absolute atomic E-state index is 0.0786. The number of ketones is 1. The number of nitrogens with zero attached hydrogens (tertiary/aromatic N) is 2. The Labute approximate surface area is 133 Å². The number of benzene rings is 1. The van der Waals surface area contributed by atoms with Gasteiger partial charge in [-0.15, -0.1) is 0 Å². The average molecular weight is 306 g/mol. The van der Waals surface area contributed by atoms with Crippen LogP contribution >= 0.6 is 0 Å². The van der Waals surface area contributed by atoms with Crippen LogP contribution in [0.15, 0.2) is 47.5 Å². The van der Waals surface area contributed by atoms with Gasteiger partial charge in [0.1, 0.15) is 0 Å². The maximum atomic E-state index is 12.6. The molecule has 2 heterocycles. The fourth-order valence-corrected chi connectivity index (χ4v) is 2.73. The van der Waals surface area contributed by atoms with Gasteiger partial charge in [-0.3, -0.25) is 9.79 Å². The number of allylic oxidation sites excluding steroid dienone is 4. The lowest BCUT2D eigenvalue weighted by molar-refractivity contribution is -0.108. The second-order valence-electron chi connectivity index (χ2n) is 5.31. The van der Waals surface area contributed by atoms with Crippen LogP contribution in [0.3, 0.4) is 0 Å². The Bertz CT molecular complexity index is 910. The van der Waals surface area contributed by atoms with Crippen LogP contribution in [0.25, 0.3) is 16.5 Å². The Balaban J connectivity index is 1.82. The number of hydrogen-bond donors (Lipinski definition) is 0. The zero-order chi connectivity index (χ0) is 15.8. The van der Waals surface area contributed by atoms with E-state index in [-0.39, 0.29) is 12.6 Å². The quantitative estimate of drug-likeness (QED) is 0.812. The highest BCUT2D eigenvalue weighted by molar-refractivity contribution is 6.56. The van der Waals surface area contributed by atoms with Crippen LogP contribution < -0.4 is 9.47 Å². The Kier molecular flexibility index (Phi) is 3.19. The number of aromatic nitrogens is 1. The summed E-state index contributed by atoms with van der Waals surface area (Å²) in [5.74, 6) is 1.32. The molecule has 2 aromatic rings. The molecule has 0 amide bonds. The van der Waals surface area contributed by atoms with E-state index in [0.29, 0.717) is 29.1 Å². The number of carbonyl (C=O) groups is 1. The van der Waals surface area contributed by atoms with Crippen molar-refractivity contribution >= 4 is 28.0 Å². The van der Waals surface area contributed by atoms with Crippen LogP contribution in [0.4, 0.5) is 0 Å². The van der Waals surface area contributed by atoms with E-state index in [1.807, 2.05) is 36.4 Å². The van der Waals surface area contributed by atoms with E-state index < -0.39 is 0 Å². The molecule has 5 nitrogen and oxygen atoms in total. The van der Waals surface area contributed by atoms with E-state index in [1.54, 1.807) is 13.1 Å². The Morgan fingerprint density at radius 3 is 2.83 bits per heavy atom. The van der Waals surface area contributed by atoms with Crippen LogP contribution in [0.1, 0.15) is 12.1 Å². The highest BCUT2D eigenvalue weighted by Gasteiger charge is 2.20. The number of fused-ring (bicyclic) bond motifs is 2. The van der Waals surface area contributed by atoms with Crippen molar-refractivity contribution in [3.8, 4) is 11.5 Å². The Morgan fingerprint density at radius 1 is 1.17 bits per heavy atom. The first-order valence-corrected chi connectivity index (χ1v) is 7.34. The number of Topliss-reactive ketones (excluding diaryl/α,β-unsaturated/α-hetero) is 1. The van der Waals surface area contributed by atoms with E-state index >= 15 is 0 Å². The number of rotatable bonds is 1. The fourth-order valence-electron chi connectivity index (χ4n) is 2.73. The molecule has 1 aliphatic heterocycles. The molecule has 0 saturated heterocycles. The summed E-state index contributed by atoms with van der Waals surface area (Å²) in [6.07, 6.45) is 6.13. The zero-order valence-corrected chi connectivity index (χ0v) is 12.6. The van der Waals surface area contributed by atoms with Crippen molar-refractivity contribution in [1.29, 1.82) is 0 Å². The summed E-state index contributed by atoms with van der Waals surface area (Å²) >= 11 is 0. The van der Waals surface area contributed by atoms with Gasteiger partial charge in [0.25, 0.3) is 0 Å². The van der Waals surface area contributed by atoms with Crippen LogP contribution in [0.2, 0.25) is 0 Å². The second-order valence-corrected chi connectivity index (χ2v) is 5.31. The van der Waals surface area contributed by atoms with Crippen LogP contribution in [0, 0.1) is 0 Å². The van der Waals surface area contributed by atoms with Gasteiger partial charge in [0.05, 0.1) is 16.9 Å². The van der Waals surface area contributed by atoms with Gasteiger partial charge < -0.3 is 9.47 Å². The van der Waals surface area contributed by atoms with Crippen molar-refractivity contribution in [2.24, 2.45) is 4.99 Å². The number of aliphatic imine (C=N–C) groups is 1. The standard InChI is InChI=1S/C18H14N2O3/c1-19-14-5-3-2-4-12(18(14)21)13-7-6-11-8-16-17(23-10-22-16)9-15(11)20-13/h2-4,6-9H,5,10H2,1H3. The smallest absolute Gasteiger partial charge is 0.231 e. The molecular formula is C18H14N2O3. The average Bonchev–Trinajstić information content (AvgIpc) is 2.93. The maximum absolute atomic E-state index is 12.6. The minimum atomic E-state index is -0.0786. The first-order valence-electron chi connectivity index (χ1n) is 7.34. The van der Waals surface area contributed by atoms with Gasteiger partial charge in [0.2, 0.25) is 12.6 Å². The summed E-state index contributed by atoms with van der Waals surface area (Å²) in [7, 11) is 1.64. The lowest BCUT2D eigenvalue weighted by atomic mass is 10.0. The molecule has 2 aliphatic rings. The monoisotopic (exact) mass is 306 g/mol. The van der Waals surface area contributed by atoms with Crippen molar-refractivity contribution < 1.29 is 14.3 Å². The fraction of sp³-hybridized carbons (Fsp3) is 0.167. The van der Waals surface area contributed by atoms with Crippen LogP contribution in [-0.4, -0.2) is 30.3 Å². The molecule has 0 N–H and O–H groups in total. The summed E-state index contributed by atoms with van der Waals surface area (Å²) in [5, 5.41) is 0.944.